The Hall–Kier alpha value is -1.87. The summed E-state index contributed by atoms with van der Waals surface area (Å²) in [5, 5.41) is 3.48. The van der Waals surface area contributed by atoms with Gasteiger partial charge in [0.05, 0.1) is 11.4 Å². The largest absolute Gasteiger partial charge is 0.487 e. The smallest absolute Gasteiger partial charge is 0.130 e. The van der Waals surface area contributed by atoms with Crippen molar-refractivity contribution in [1.29, 1.82) is 0 Å². The summed E-state index contributed by atoms with van der Waals surface area (Å²) in [5.74, 6) is 0.899. The van der Waals surface area contributed by atoms with Gasteiger partial charge in [0.15, 0.2) is 0 Å². The molecule has 0 aliphatic heterocycles. The van der Waals surface area contributed by atoms with E-state index in [0.29, 0.717) is 12.6 Å². The molecule has 1 N–H and O–H groups in total. The van der Waals surface area contributed by atoms with Crippen LogP contribution in [0.25, 0.3) is 0 Å². The number of ether oxygens (including phenoxy) is 1. The van der Waals surface area contributed by atoms with Crippen LogP contribution in [0.15, 0.2) is 42.5 Å². The average molecular weight is 282 g/mol. The highest BCUT2D eigenvalue weighted by Gasteiger charge is 2.20. The summed E-state index contributed by atoms with van der Waals surface area (Å²) in [5.41, 5.74) is 3.39. The maximum absolute atomic E-state index is 5.80. The van der Waals surface area contributed by atoms with Crippen LogP contribution in [0, 0.1) is 0 Å². The topological polar surface area (TPSA) is 34.1 Å². The van der Waals surface area contributed by atoms with Crippen molar-refractivity contribution < 1.29 is 4.74 Å². The molecule has 2 aromatic rings. The Morgan fingerprint density at radius 2 is 1.86 bits per heavy atom. The lowest BCUT2D eigenvalue weighted by atomic mass is 10.2. The van der Waals surface area contributed by atoms with E-state index in [-0.39, 0.29) is 0 Å². The highest BCUT2D eigenvalue weighted by atomic mass is 16.5. The van der Waals surface area contributed by atoms with E-state index in [0.717, 1.165) is 30.1 Å². The predicted octanol–water partition coefficient (Wildman–Crippen LogP) is 3.48. The molecule has 1 saturated carbocycles. The number of aromatic nitrogens is 1. The van der Waals surface area contributed by atoms with E-state index in [4.69, 9.17) is 4.74 Å². The summed E-state index contributed by atoms with van der Waals surface area (Å²) in [6, 6.07) is 15.1. The molecule has 1 aromatic heterocycles. The Morgan fingerprint density at radius 1 is 1.10 bits per heavy atom. The van der Waals surface area contributed by atoms with Gasteiger partial charge in [-0.25, -0.2) is 0 Å². The third-order valence-electron chi connectivity index (χ3n) is 3.73. The first kappa shape index (κ1) is 14.1. The maximum Gasteiger partial charge on any atom is 0.130 e. The van der Waals surface area contributed by atoms with Crippen LogP contribution in [0.1, 0.15) is 36.7 Å². The molecule has 1 aliphatic carbocycles. The monoisotopic (exact) mass is 282 g/mol. The van der Waals surface area contributed by atoms with Crippen LogP contribution in [0.3, 0.4) is 0 Å². The Morgan fingerprint density at radius 3 is 2.57 bits per heavy atom. The fraction of sp³-hybridized carbons (Fsp3) is 0.389. The van der Waals surface area contributed by atoms with E-state index < -0.39 is 0 Å². The predicted molar refractivity (Wildman–Crippen MR) is 84.3 cm³/mol. The third-order valence-corrected chi connectivity index (χ3v) is 3.73. The van der Waals surface area contributed by atoms with Gasteiger partial charge >= 0.3 is 0 Å². The Labute approximate surface area is 126 Å². The van der Waals surface area contributed by atoms with Crippen molar-refractivity contribution in [3.05, 3.63) is 59.4 Å². The number of hydrogen-bond acceptors (Lipinski definition) is 3. The number of nitrogens with one attached hydrogen (secondary N) is 1. The van der Waals surface area contributed by atoms with Crippen LogP contribution in [0.4, 0.5) is 0 Å². The summed E-state index contributed by atoms with van der Waals surface area (Å²) in [4.78, 5) is 4.63. The first-order valence-corrected chi connectivity index (χ1v) is 7.73. The molecule has 0 unspecified atom stereocenters. The van der Waals surface area contributed by atoms with E-state index in [2.05, 4.69) is 41.5 Å². The SMILES string of the molecule is CCc1ccc(OCc2cccc(CNC3CC3)n2)cc1. The van der Waals surface area contributed by atoms with Crippen LogP contribution >= 0.6 is 0 Å². The van der Waals surface area contributed by atoms with Crippen molar-refractivity contribution >= 4 is 0 Å². The van der Waals surface area contributed by atoms with Gasteiger partial charge in [-0.2, -0.15) is 0 Å². The molecule has 3 heteroatoms. The van der Waals surface area contributed by atoms with E-state index in [1.54, 1.807) is 0 Å². The normalized spacial score (nSPS) is 14.1. The zero-order chi connectivity index (χ0) is 14.5. The molecule has 0 atom stereocenters. The van der Waals surface area contributed by atoms with Crippen molar-refractivity contribution in [2.24, 2.45) is 0 Å². The Bertz CT molecular complexity index is 576. The first-order chi connectivity index (χ1) is 10.3. The number of rotatable bonds is 7. The molecule has 110 valence electrons. The van der Waals surface area contributed by atoms with Crippen LogP contribution in [-0.2, 0) is 19.6 Å². The molecule has 0 amide bonds. The zero-order valence-corrected chi connectivity index (χ0v) is 12.5. The Balaban J connectivity index is 1.54. The van der Waals surface area contributed by atoms with Gasteiger partial charge in [0.2, 0.25) is 0 Å². The van der Waals surface area contributed by atoms with Crippen molar-refractivity contribution in [3.8, 4) is 5.75 Å². The lowest BCUT2D eigenvalue weighted by Gasteiger charge is -2.08. The van der Waals surface area contributed by atoms with Crippen LogP contribution in [0.2, 0.25) is 0 Å². The molecule has 1 aromatic carbocycles. The molecule has 0 saturated heterocycles. The molecule has 3 nitrogen and oxygen atoms in total. The minimum atomic E-state index is 0.517. The molecule has 0 radical (unpaired) electrons. The van der Waals surface area contributed by atoms with Gasteiger partial charge in [-0.05, 0) is 49.1 Å². The molecule has 1 aliphatic rings. The number of pyridine rings is 1. The Kier molecular flexibility index (Phi) is 4.51. The lowest BCUT2D eigenvalue weighted by Crippen LogP contribution is -2.16. The van der Waals surface area contributed by atoms with Crippen molar-refractivity contribution in [2.75, 3.05) is 0 Å². The molecule has 3 rings (SSSR count). The van der Waals surface area contributed by atoms with E-state index in [1.165, 1.54) is 18.4 Å². The summed E-state index contributed by atoms with van der Waals surface area (Å²) >= 11 is 0. The van der Waals surface area contributed by atoms with E-state index >= 15 is 0 Å². The summed E-state index contributed by atoms with van der Waals surface area (Å²) in [7, 11) is 0. The summed E-state index contributed by atoms with van der Waals surface area (Å²) < 4.78 is 5.80. The van der Waals surface area contributed by atoms with Crippen LogP contribution in [-0.4, -0.2) is 11.0 Å². The van der Waals surface area contributed by atoms with Gasteiger partial charge in [0, 0.05) is 12.6 Å². The van der Waals surface area contributed by atoms with Gasteiger partial charge in [-0.1, -0.05) is 25.1 Å². The second-order valence-electron chi connectivity index (χ2n) is 5.56. The number of hydrogen-bond donors (Lipinski definition) is 1. The van der Waals surface area contributed by atoms with Gasteiger partial charge < -0.3 is 10.1 Å². The van der Waals surface area contributed by atoms with E-state index in [9.17, 15) is 0 Å². The molecular formula is C18H22N2O. The van der Waals surface area contributed by atoms with Crippen LogP contribution in [0.5, 0.6) is 5.75 Å². The number of aryl methyl sites for hydroxylation is 1. The zero-order valence-electron chi connectivity index (χ0n) is 12.5. The van der Waals surface area contributed by atoms with Gasteiger partial charge in [0.1, 0.15) is 12.4 Å². The summed E-state index contributed by atoms with van der Waals surface area (Å²) in [6.45, 7) is 3.52. The van der Waals surface area contributed by atoms with Gasteiger partial charge in [-0.3, -0.25) is 4.98 Å². The third kappa shape index (κ3) is 4.30. The second-order valence-corrected chi connectivity index (χ2v) is 5.56. The fourth-order valence-electron chi connectivity index (χ4n) is 2.22. The fourth-order valence-corrected chi connectivity index (χ4v) is 2.22. The minimum absolute atomic E-state index is 0.517. The maximum atomic E-state index is 5.80. The van der Waals surface area contributed by atoms with Gasteiger partial charge in [-0.15, -0.1) is 0 Å². The quantitative estimate of drug-likeness (QED) is 0.844. The highest BCUT2D eigenvalue weighted by Crippen LogP contribution is 2.19. The van der Waals surface area contributed by atoms with Crippen molar-refractivity contribution in [1.82, 2.24) is 10.3 Å². The molecule has 1 heterocycles. The molecule has 0 spiro atoms. The highest BCUT2D eigenvalue weighted by molar-refractivity contribution is 5.27. The van der Waals surface area contributed by atoms with E-state index in [1.807, 2.05) is 18.2 Å². The second kappa shape index (κ2) is 6.72. The van der Waals surface area contributed by atoms with Gasteiger partial charge in [0.25, 0.3) is 0 Å². The van der Waals surface area contributed by atoms with Crippen molar-refractivity contribution in [2.45, 2.75) is 45.4 Å². The van der Waals surface area contributed by atoms with Crippen LogP contribution < -0.4 is 10.1 Å². The molecule has 21 heavy (non-hydrogen) atoms. The molecule has 1 fully saturated rings. The standard InChI is InChI=1S/C18H22N2O/c1-2-14-6-10-18(11-7-14)21-13-17-5-3-4-16(20-17)12-19-15-8-9-15/h3-7,10-11,15,19H,2,8-9,12-13H2,1H3. The summed E-state index contributed by atoms with van der Waals surface area (Å²) in [6.07, 6.45) is 3.66. The molecule has 0 bridgehead atoms. The number of benzene rings is 1. The average Bonchev–Trinajstić information content (AvgIpc) is 3.36. The first-order valence-electron chi connectivity index (χ1n) is 7.73. The lowest BCUT2D eigenvalue weighted by molar-refractivity contribution is 0.301. The number of nitrogens with zero attached hydrogens (tertiary/aromatic N) is 1. The van der Waals surface area contributed by atoms with Crippen molar-refractivity contribution in [3.63, 3.8) is 0 Å². The minimum Gasteiger partial charge on any atom is -0.487 e. The molecular weight excluding hydrogens is 260 g/mol.